The number of amides is 1. The number of carbonyl (C=O) groups is 1. The second-order valence-electron chi connectivity index (χ2n) is 5.98. The maximum atomic E-state index is 10.8. The van der Waals surface area contributed by atoms with Gasteiger partial charge in [0.2, 0.25) is 5.91 Å². The van der Waals surface area contributed by atoms with Crippen molar-refractivity contribution in [3.8, 4) is 0 Å². The number of nitrogens with zero attached hydrogens (tertiary/aromatic N) is 1. The number of unbranched alkanes of at least 4 members (excludes halogenated alkanes) is 1. The van der Waals surface area contributed by atoms with E-state index >= 15 is 0 Å². The lowest BCUT2D eigenvalue weighted by molar-refractivity contribution is -0.118. The molecule has 0 saturated carbocycles. The van der Waals surface area contributed by atoms with Gasteiger partial charge in [0.05, 0.1) is 12.7 Å². The summed E-state index contributed by atoms with van der Waals surface area (Å²) in [6.45, 7) is 13.9. The highest BCUT2D eigenvalue weighted by molar-refractivity contribution is 7.44. The maximum absolute atomic E-state index is 10.8. The van der Waals surface area contributed by atoms with Crippen LogP contribution in [0.5, 0.6) is 0 Å². The zero-order chi connectivity index (χ0) is 17.1. The van der Waals surface area contributed by atoms with Gasteiger partial charge in [0, 0.05) is 32.1 Å². The number of rotatable bonds is 12. The molecule has 22 heavy (non-hydrogen) atoms. The van der Waals surface area contributed by atoms with Crippen LogP contribution in [-0.4, -0.2) is 48.5 Å². The van der Waals surface area contributed by atoms with Crippen LogP contribution in [0.3, 0.4) is 0 Å². The summed E-state index contributed by atoms with van der Waals surface area (Å²) in [4.78, 5) is 10.8. The third kappa shape index (κ3) is 9.70. The second kappa shape index (κ2) is 12.2. The van der Waals surface area contributed by atoms with Gasteiger partial charge in [-0.3, -0.25) is 4.79 Å². The summed E-state index contributed by atoms with van der Waals surface area (Å²) >= 11 is 0. The lowest BCUT2D eigenvalue weighted by atomic mass is 10.3. The quantitative estimate of drug-likeness (QED) is 0.423. The molecule has 6 nitrogen and oxygen atoms in total. The Labute approximate surface area is 137 Å². The van der Waals surface area contributed by atoms with E-state index in [0.717, 1.165) is 12.8 Å². The molecule has 0 aromatic heterocycles. The minimum Gasteiger partial charge on any atom is -0.356 e. The van der Waals surface area contributed by atoms with Crippen molar-refractivity contribution >= 4 is 14.4 Å². The van der Waals surface area contributed by atoms with Crippen LogP contribution in [0.4, 0.5) is 0 Å². The molecular formula is C15H34N3O3P. The molecule has 7 heteroatoms. The molecule has 0 aliphatic heterocycles. The van der Waals surface area contributed by atoms with Gasteiger partial charge >= 0.3 is 0 Å². The predicted octanol–water partition coefficient (Wildman–Crippen LogP) is 2.63. The molecule has 2 unspecified atom stereocenters. The molecule has 2 atom stereocenters. The van der Waals surface area contributed by atoms with Crippen LogP contribution in [0, 0.1) is 0 Å². The lowest BCUT2D eigenvalue weighted by Gasteiger charge is -2.36. The number of nitrogens with two attached hydrogens (primary N) is 1. The molecule has 3 N–H and O–H groups in total. The first-order chi connectivity index (χ1) is 10.3. The number of carbonyl (C=O) groups excluding carboxylic acids is 1. The topological polar surface area (TPSA) is 76.8 Å². The van der Waals surface area contributed by atoms with E-state index in [2.05, 4.69) is 37.7 Å². The Kier molecular flexibility index (Phi) is 12.1. The summed E-state index contributed by atoms with van der Waals surface area (Å²) in [7, 11) is -1.12. The molecule has 0 aromatic carbocycles. The lowest BCUT2D eigenvalue weighted by Crippen LogP contribution is -2.35. The van der Waals surface area contributed by atoms with Gasteiger partial charge in [-0.2, -0.15) is 0 Å². The van der Waals surface area contributed by atoms with E-state index < -0.39 is 8.53 Å². The molecule has 0 aliphatic carbocycles. The van der Waals surface area contributed by atoms with E-state index in [4.69, 9.17) is 14.8 Å². The molecular weight excluding hydrogens is 301 g/mol. The van der Waals surface area contributed by atoms with E-state index in [1.807, 2.05) is 6.92 Å². The monoisotopic (exact) mass is 335 g/mol. The summed E-state index contributed by atoms with van der Waals surface area (Å²) < 4.78 is 14.3. The van der Waals surface area contributed by atoms with Crippen molar-refractivity contribution in [2.75, 3.05) is 19.7 Å². The van der Waals surface area contributed by atoms with Gasteiger partial charge in [-0.25, -0.2) is 4.67 Å². The molecule has 0 heterocycles. The van der Waals surface area contributed by atoms with Gasteiger partial charge in [-0.1, -0.05) is 0 Å². The first-order valence-corrected chi connectivity index (χ1v) is 9.25. The minimum atomic E-state index is -1.12. The van der Waals surface area contributed by atoms with Crippen LogP contribution >= 0.6 is 8.53 Å². The molecule has 0 saturated heterocycles. The van der Waals surface area contributed by atoms with Gasteiger partial charge in [-0.15, -0.1) is 0 Å². The molecule has 0 fully saturated rings. The number of hydrogen-bond donors (Lipinski definition) is 2. The van der Waals surface area contributed by atoms with Crippen molar-refractivity contribution in [1.29, 1.82) is 0 Å². The third-order valence-electron chi connectivity index (χ3n) is 3.00. The van der Waals surface area contributed by atoms with Crippen LogP contribution < -0.4 is 11.1 Å². The van der Waals surface area contributed by atoms with E-state index in [1.165, 1.54) is 6.92 Å². The Hall–Kier alpha value is -0.260. The van der Waals surface area contributed by atoms with Gasteiger partial charge in [0.1, 0.15) is 0 Å². The highest BCUT2D eigenvalue weighted by Gasteiger charge is 2.28. The van der Waals surface area contributed by atoms with Crippen molar-refractivity contribution in [1.82, 2.24) is 9.99 Å². The average molecular weight is 335 g/mol. The molecule has 0 aromatic rings. The van der Waals surface area contributed by atoms with Crippen molar-refractivity contribution in [3.05, 3.63) is 0 Å². The average Bonchev–Trinajstić information content (AvgIpc) is 2.40. The summed E-state index contributed by atoms with van der Waals surface area (Å²) in [6, 6.07) is 0.686. The van der Waals surface area contributed by atoms with Crippen molar-refractivity contribution in [2.24, 2.45) is 5.73 Å². The number of nitrogens with one attached hydrogen (secondary N) is 1. The fraction of sp³-hybridized carbons (Fsp3) is 0.933. The normalized spacial score (nSPS) is 14.6. The van der Waals surface area contributed by atoms with Crippen molar-refractivity contribution in [3.63, 3.8) is 0 Å². The Morgan fingerprint density at radius 2 is 1.77 bits per heavy atom. The highest BCUT2D eigenvalue weighted by atomic mass is 31.2. The maximum Gasteiger partial charge on any atom is 0.259 e. The van der Waals surface area contributed by atoms with Gasteiger partial charge < -0.3 is 20.1 Å². The van der Waals surface area contributed by atoms with Crippen LogP contribution in [-0.2, 0) is 13.8 Å². The second-order valence-corrected chi connectivity index (χ2v) is 7.39. The SMILES string of the molecule is CC(=O)NCCCCOP(OC(C)CN)N(C(C)C)C(C)C. The van der Waals surface area contributed by atoms with E-state index in [1.54, 1.807) is 0 Å². The fourth-order valence-corrected chi connectivity index (χ4v) is 3.69. The smallest absolute Gasteiger partial charge is 0.259 e. The molecule has 132 valence electrons. The molecule has 0 radical (unpaired) electrons. The summed E-state index contributed by atoms with van der Waals surface area (Å²) in [6.07, 6.45) is 1.77. The Balaban J connectivity index is 4.37. The Morgan fingerprint density at radius 1 is 1.18 bits per heavy atom. The molecule has 0 spiro atoms. The summed E-state index contributed by atoms with van der Waals surface area (Å²) in [5.41, 5.74) is 5.67. The zero-order valence-corrected chi connectivity index (χ0v) is 15.9. The predicted molar refractivity (Wildman–Crippen MR) is 92.5 cm³/mol. The van der Waals surface area contributed by atoms with Crippen LogP contribution in [0.25, 0.3) is 0 Å². The first-order valence-electron chi connectivity index (χ1n) is 8.12. The summed E-state index contributed by atoms with van der Waals surface area (Å²) in [5, 5.41) is 2.79. The van der Waals surface area contributed by atoms with Crippen molar-refractivity contribution < 1.29 is 13.8 Å². The third-order valence-corrected chi connectivity index (χ3v) is 5.24. The van der Waals surface area contributed by atoms with E-state index in [0.29, 0.717) is 31.8 Å². The zero-order valence-electron chi connectivity index (χ0n) is 15.0. The Morgan fingerprint density at radius 3 is 2.23 bits per heavy atom. The van der Waals surface area contributed by atoms with Gasteiger partial charge in [0.15, 0.2) is 0 Å². The molecule has 0 bridgehead atoms. The minimum absolute atomic E-state index is 0.00839. The van der Waals surface area contributed by atoms with Gasteiger partial charge in [0.25, 0.3) is 8.53 Å². The molecule has 0 aliphatic rings. The number of hydrogen-bond acceptors (Lipinski definition) is 5. The van der Waals surface area contributed by atoms with Crippen LogP contribution in [0.2, 0.25) is 0 Å². The standard InChI is InChI=1S/C15H34N3O3P/c1-12(2)18(13(3)4)22(21-14(5)11-16)20-10-8-7-9-17-15(6)19/h12-14H,7-11,16H2,1-6H3,(H,17,19). The molecule has 0 rings (SSSR count). The first kappa shape index (κ1) is 21.7. The largest absolute Gasteiger partial charge is 0.356 e. The van der Waals surface area contributed by atoms with Crippen LogP contribution in [0.1, 0.15) is 54.4 Å². The van der Waals surface area contributed by atoms with E-state index in [-0.39, 0.29) is 12.0 Å². The van der Waals surface area contributed by atoms with Gasteiger partial charge in [-0.05, 0) is 47.5 Å². The summed E-state index contributed by atoms with van der Waals surface area (Å²) in [5.74, 6) is 0.00839. The van der Waals surface area contributed by atoms with Crippen LogP contribution in [0.15, 0.2) is 0 Å². The fourth-order valence-electron chi connectivity index (χ4n) is 1.96. The van der Waals surface area contributed by atoms with Crippen molar-refractivity contribution in [2.45, 2.75) is 72.6 Å². The van der Waals surface area contributed by atoms with E-state index in [9.17, 15) is 4.79 Å². The Bertz CT molecular complexity index is 296. The molecule has 1 amide bonds. The highest BCUT2D eigenvalue weighted by Crippen LogP contribution is 2.46.